The van der Waals surface area contributed by atoms with Crippen molar-refractivity contribution in [2.45, 2.75) is 131 Å². The molecule has 0 aliphatic rings. The summed E-state index contributed by atoms with van der Waals surface area (Å²) >= 11 is 0. The summed E-state index contributed by atoms with van der Waals surface area (Å²) in [6, 6.07) is 46.7. The SMILES string of the molecule is CCCCc1ccc(N(c2ccc3cc(N(c4ccc(CCCC)cc4)c4c(C(C)C)cccc4C(C)C)ccc3c2)c2c(C(C)C)cccc2C(C)C)cc1. The third kappa shape index (κ3) is 8.91. The molecule has 0 N–H and O–H groups in total. The van der Waals surface area contributed by atoms with Crippen LogP contribution in [0.1, 0.15) is 152 Å². The van der Waals surface area contributed by atoms with E-state index in [1.807, 2.05) is 0 Å². The van der Waals surface area contributed by atoms with E-state index in [0.717, 1.165) is 12.8 Å². The first-order chi connectivity index (χ1) is 27.0. The van der Waals surface area contributed by atoms with E-state index in [9.17, 15) is 0 Å². The van der Waals surface area contributed by atoms with Crippen LogP contribution in [0.3, 0.4) is 0 Å². The lowest BCUT2D eigenvalue weighted by Crippen LogP contribution is -2.16. The second-order valence-corrected chi connectivity index (χ2v) is 17.1. The molecule has 0 fully saturated rings. The summed E-state index contributed by atoms with van der Waals surface area (Å²) in [5.74, 6) is 1.53. The molecule has 0 heterocycles. The molecule has 0 saturated heterocycles. The van der Waals surface area contributed by atoms with Crippen molar-refractivity contribution in [3.8, 4) is 0 Å². The number of unbranched alkanes of at least 4 members (excludes halogenated alkanes) is 2. The van der Waals surface area contributed by atoms with Gasteiger partial charge in [0.1, 0.15) is 0 Å². The summed E-state index contributed by atoms with van der Waals surface area (Å²) in [5, 5.41) is 2.47. The van der Waals surface area contributed by atoms with Crippen molar-refractivity contribution in [2.75, 3.05) is 9.80 Å². The average molecular weight is 743 g/mol. The topological polar surface area (TPSA) is 6.48 Å². The Bertz CT molecular complexity index is 1980. The normalized spacial score (nSPS) is 11.8. The first-order valence-electron chi connectivity index (χ1n) is 21.6. The molecule has 6 aromatic rings. The van der Waals surface area contributed by atoms with Gasteiger partial charge in [-0.05, 0) is 142 Å². The van der Waals surface area contributed by atoms with Crippen LogP contribution >= 0.6 is 0 Å². The van der Waals surface area contributed by atoms with Crippen LogP contribution in [0, 0.1) is 0 Å². The van der Waals surface area contributed by atoms with Gasteiger partial charge in [0.15, 0.2) is 0 Å². The van der Waals surface area contributed by atoms with Gasteiger partial charge in [-0.25, -0.2) is 0 Å². The van der Waals surface area contributed by atoms with Gasteiger partial charge in [0.2, 0.25) is 0 Å². The fourth-order valence-electron chi connectivity index (χ4n) is 8.24. The summed E-state index contributed by atoms with van der Waals surface area (Å²) in [7, 11) is 0. The third-order valence-corrected chi connectivity index (χ3v) is 11.5. The van der Waals surface area contributed by atoms with Gasteiger partial charge in [-0.15, -0.1) is 0 Å². The second-order valence-electron chi connectivity index (χ2n) is 17.1. The Morgan fingerprint density at radius 3 is 0.964 bits per heavy atom. The Labute approximate surface area is 339 Å². The molecule has 0 bridgehead atoms. The molecular weight excluding hydrogens is 677 g/mol. The predicted octanol–water partition coefficient (Wildman–Crippen LogP) is 17.0. The summed E-state index contributed by atoms with van der Waals surface area (Å²) in [5.41, 5.74) is 15.7. The van der Waals surface area contributed by atoms with Crippen molar-refractivity contribution >= 4 is 44.9 Å². The molecule has 0 radical (unpaired) electrons. The van der Waals surface area contributed by atoms with E-state index < -0.39 is 0 Å². The molecule has 0 saturated carbocycles. The Balaban J connectivity index is 1.52. The predicted molar refractivity (Wildman–Crippen MR) is 247 cm³/mol. The number of hydrogen-bond acceptors (Lipinski definition) is 2. The monoisotopic (exact) mass is 743 g/mol. The number of anilines is 6. The highest BCUT2D eigenvalue weighted by atomic mass is 15.2. The molecule has 56 heavy (non-hydrogen) atoms. The highest BCUT2D eigenvalue weighted by molar-refractivity contribution is 5.94. The standard InChI is InChI=1S/C54H66N2/c1-11-13-17-41-23-29-45(30-24-41)55(53-49(37(3)4)19-15-20-50(53)38(5)6)47-33-27-44-36-48(34-28-43(44)35-47)56(46-31-25-42(26-32-46)18-14-12-2)54-51(39(7)8)21-16-22-52(54)40(9)10/h15-16,19-40H,11-14,17-18H2,1-10H3. The maximum atomic E-state index is 2.53. The zero-order valence-corrected chi connectivity index (χ0v) is 36.0. The first kappa shape index (κ1) is 40.8. The number of rotatable bonds is 16. The molecule has 2 heteroatoms. The van der Waals surface area contributed by atoms with E-state index in [-0.39, 0.29) is 0 Å². The molecule has 0 aliphatic carbocycles. The second kappa shape index (κ2) is 18.4. The van der Waals surface area contributed by atoms with Gasteiger partial charge in [-0.1, -0.05) is 155 Å². The molecule has 0 unspecified atom stereocenters. The minimum absolute atomic E-state index is 0.384. The van der Waals surface area contributed by atoms with Gasteiger partial charge < -0.3 is 9.80 Å². The van der Waals surface area contributed by atoms with Crippen molar-refractivity contribution in [2.24, 2.45) is 0 Å². The maximum absolute atomic E-state index is 2.53. The number of fused-ring (bicyclic) bond motifs is 1. The maximum Gasteiger partial charge on any atom is 0.0530 e. The van der Waals surface area contributed by atoms with E-state index in [1.165, 1.54) is 104 Å². The lowest BCUT2D eigenvalue weighted by Gasteiger charge is -2.33. The van der Waals surface area contributed by atoms with Crippen LogP contribution in [0.15, 0.2) is 121 Å². The van der Waals surface area contributed by atoms with Crippen molar-refractivity contribution in [1.29, 1.82) is 0 Å². The molecule has 6 aromatic carbocycles. The van der Waals surface area contributed by atoms with Crippen LogP contribution in [-0.2, 0) is 12.8 Å². The van der Waals surface area contributed by atoms with Crippen LogP contribution in [0.5, 0.6) is 0 Å². The number of nitrogens with zero attached hydrogens (tertiary/aromatic N) is 2. The summed E-state index contributed by atoms with van der Waals surface area (Å²) in [6.07, 6.45) is 7.08. The fraction of sp³-hybridized carbons (Fsp3) is 0.370. The average Bonchev–Trinajstić information content (AvgIpc) is 3.20. The smallest absolute Gasteiger partial charge is 0.0530 e. The summed E-state index contributed by atoms with van der Waals surface area (Å²) in [4.78, 5) is 5.06. The van der Waals surface area contributed by atoms with Crippen molar-refractivity contribution in [1.82, 2.24) is 0 Å². The van der Waals surface area contributed by atoms with E-state index in [2.05, 4.69) is 200 Å². The van der Waals surface area contributed by atoms with Crippen LogP contribution in [0.4, 0.5) is 34.1 Å². The van der Waals surface area contributed by atoms with Crippen LogP contribution in [0.2, 0.25) is 0 Å². The number of aryl methyl sites for hydroxylation is 2. The molecular formula is C54H66N2. The minimum Gasteiger partial charge on any atom is -0.310 e. The molecule has 6 rings (SSSR count). The van der Waals surface area contributed by atoms with Gasteiger partial charge in [0, 0.05) is 22.7 Å². The van der Waals surface area contributed by atoms with Gasteiger partial charge in [0.05, 0.1) is 11.4 Å². The van der Waals surface area contributed by atoms with E-state index >= 15 is 0 Å². The van der Waals surface area contributed by atoms with Gasteiger partial charge in [-0.3, -0.25) is 0 Å². The number of hydrogen-bond donors (Lipinski definition) is 0. The van der Waals surface area contributed by atoms with Gasteiger partial charge in [0.25, 0.3) is 0 Å². The lowest BCUT2D eigenvalue weighted by atomic mass is 9.90. The van der Waals surface area contributed by atoms with Crippen LogP contribution < -0.4 is 9.80 Å². The quantitative estimate of drug-likeness (QED) is 0.0974. The zero-order chi connectivity index (χ0) is 39.9. The van der Waals surface area contributed by atoms with Crippen LogP contribution in [-0.4, -0.2) is 0 Å². The fourth-order valence-corrected chi connectivity index (χ4v) is 8.24. The molecule has 2 nitrogen and oxygen atoms in total. The van der Waals surface area contributed by atoms with E-state index in [4.69, 9.17) is 0 Å². The lowest BCUT2D eigenvalue weighted by molar-refractivity contribution is 0.795. The molecule has 0 amide bonds. The van der Waals surface area contributed by atoms with E-state index in [0.29, 0.717) is 23.7 Å². The number of benzene rings is 6. The van der Waals surface area contributed by atoms with Crippen molar-refractivity contribution in [3.63, 3.8) is 0 Å². The Hall–Kier alpha value is -4.82. The molecule has 0 aliphatic heterocycles. The first-order valence-corrected chi connectivity index (χ1v) is 21.6. The van der Waals surface area contributed by atoms with Crippen molar-refractivity contribution in [3.05, 3.63) is 155 Å². The molecule has 0 spiro atoms. The minimum atomic E-state index is 0.384. The highest BCUT2D eigenvalue weighted by Gasteiger charge is 2.25. The van der Waals surface area contributed by atoms with Gasteiger partial charge in [-0.2, -0.15) is 0 Å². The summed E-state index contributed by atoms with van der Waals surface area (Å²) in [6.45, 7) is 23.1. The third-order valence-electron chi connectivity index (χ3n) is 11.5. The Morgan fingerprint density at radius 1 is 0.375 bits per heavy atom. The summed E-state index contributed by atoms with van der Waals surface area (Å²) < 4.78 is 0. The molecule has 0 atom stereocenters. The van der Waals surface area contributed by atoms with Crippen LogP contribution in [0.25, 0.3) is 10.8 Å². The highest BCUT2D eigenvalue weighted by Crippen LogP contribution is 2.47. The molecule has 0 aromatic heterocycles. The largest absolute Gasteiger partial charge is 0.310 e. The number of para-hydroxylation sites is 2. The van der Waals surface area contributed by atoms with E-state index in [1.54, 1.807) is 0 Å². The Kier molecular flexibility index (Phi) is 13.4. The van der Waals surface area contributed by atoms with Gasteiger partial charge >= 0.3 is 0 Å². The zero-order valence-electron chi connectivity index (χ0n) is 36.0. The molecule has 292 valence electrons. The van der Waals surface area contributed by atoms with Crippen molar-refractivity contribution < 1.29 is 0 Å². The Morgan fingerprint density at radius 2 is 0.679 bits per heavy atom.